The van der Waals surface area contributed by atoms with E-state index in [1.807, 2.05) is 4.90 Å². The molecule has 0 amide bonds. The molecule has 0 atom stereocenters. The quantitative estimate of drug-likeness (QED) is 0.802. The van der Waals surface area contributed by atoms with Crippen LogP contribution in [0.2, 0.25) is 0 Å². The molecule has 1 fully saturated rings. The van der Waals surface area contributed by atoms with Crippen LogP contribution in [0.4, 0.5) is 18.9 Å². The highest BCUT2D eigenvalue weighted by Crippen LogP contribution is 2.32. The van der Waals surface area contributed by atoms with Crippen molar-refractivity contribution in [2.24, 2.45) is 0 Å². The van der Waals surface area contributed by atoms with Gasteiger partial charge in [0, 0.05) is 5.69 Å². The second-order valence-electron chi connectivity index (χ2n) is 5.73. The molecule has 1 saturated heterocycles. The lowest BCUT2D eigenvalue weighted by atomic mass is 10.1. The zero-order valence-electron chi connectivity index (χ0n) is 12.0. The van der Waals surface area contributed by atoms with Gasteiger partial charge in [-0.15, -0.1) is 0 Å². The molecule has 3 nitrogen and oxygen atoms in total. The predicted octanol–water partition coefficient (Wildman–Crippen LogP) is 2.89. The van der Waals surface area contributed by atoms with Crippen LogP contribution in [0.1, 0.15) is 12.0 Å². The molecule has 6 heteroatoms. The minimum Gasteiger partial charge on any atom is -0.360 e. The highest BCUT2D eigenvalue weighted by molar-refractivity contribution is 5.49. The summed E-state index contributed by atoms with van der Waals surface area (Å²) < 4.78 is 39.0. The third kappa shape index (κ3) is 3.88. The lowest BCUT2D eigenvalue weighted by Gasteiger charge is -2.42. The molecule has 1 aliphatic heterocycles. The molecule has 0 bridgehead atoms. The first kappa shape index (κ1) is 15.6. The standard InChI is InChI=1S/C15H19F3N3/c1-21(9-3-6-19)10-7-20(8-11-21)14-5-2-4-13(12-14)15(16,17)18/h2,4-5,12H,3,7-11H2,1H3/q+1. The Morgan fingerprint density at radius 3 is 2.52 bits per heavy atom. The largest absolute Gasteiger partial charge is 0.416 e. The lowest BCUT2D eigenvalue weighted by molar-refractivity contribution is -0.909. The summed E-state index contributed by atoms with van der Waals surface area (Å²) in [5, 5.41) is 8.67. The van der Waals surface area contributed by atoms with Gasteiger partial charge in [0.1, 0.15) is 0 Å². The minimum absolute atomic E-state index is 0.514. The van der Waals surface area contributed by atoms with Crippen LogP contribution < -0.4 is 4.90 Å². The number of nitrogens with zero attached hydrogens (tertiary/aromatic N) is 3. The van der Waals surface area contributed by atoms with E-state index in [-0.39, 0.29) is 0 Å². The van der Waals surface area contributed by atoms with Gasteiger partial charge in [0.05, 0.1) is 57.8 Å². The van der Waals surface area contributed by atoms with E-state index in [1.54, 1.807) is 6.07 Å². The highest BCUT2D eigenvalue weighted by atomic mass is 19.4. The van der Waals surface area contributed by atoms with Gasteiger partial charge >= 0.3 is 6.18 Å². The molecule has 1 aromatic carbocycles. The fourth-order valence-electron chi connectivity index (χ4n) is 2.63. The molecule has 0 spiro atoms. The fourth-order valence-corrected chi connectivity index (χ4v) is 2.63. The molecule has 1 aromatic rings. The van der Waals surface area contributed by atoms with Crippen LogP contribution in [0, 0.1) is 11.3 Å². The number of benzene rings is 1. The Bertz CT molecular complexity index is 526. The van der Waals surface area contributed by atoms with Crippen LogP contribution in [-0.4, -0.2) is 44.3 Å². The van der Waals surface area contributed by atoms with E-state index in [0.717, 1.165) is 30.2 Å². The maximum absolute atomic E-state index is 12.7. The number of anilines is 1. The average Bonchev–Trinajstić information content (AvgIpc) is 2.45. The van der Waals surface area contributed by atoms with E-state index in [9.17, 15) is 13.2 Å². The third-order valence-corrected chi connectivity index (χ3v) is 4.12. The van der Waals surface area contributed by atoms with Gasteiger partial charge in [0.2, 0.25) is 0 Å². The number of likely N-dealkylation sites (N-methyl/N-ethyl adjacent to an activating group) is 1. The summed E-state index contributed by atoms with van der Waals surface area (Å²) in [4.78, 5) is 1.99. The minimum atomic E-state index is -4.30. The van der Waals surface area contributed by atoms with Crippen LogP contribution >= 0.6 is 0 Å². The zero-order chi connectivity index (χ0) is 15.5. The van der Waals surface area contributed by atoms with Crippen LogP contribution in [0.5, 0.6) is 0 Å². The van der Waals surface area contributed by atoms with E-state index in [4.69, 9.17) is 5.26 Å². The molecule has 0 radical (unpaired) electrons. The van der Waals surface area contributed by atoms with Crippen molar-refractivity contribution in [2.75, 3.05) is 44.7 Å². The van der Waals surface area contributed by atoms with E-state index in [0.29, 0.717) is 25.2 Å². The van der Waals surface area contributed by atoms with Crippen molar-refractivity contribution in [3.8, 4) is 6.07 Å². The summed E-state index contributed by atoms with van der Waals surface area (Å²) in [6.07, 6.45) is -3.79. The van der Waals surface area contributed by atoms with Crippen LogP contribution in [-0.2, 0) is 6.18 Å². The monoisotopic (exact) mass is 298 g/mol. The van der Waals surface area contributed by atoms with Crippen molar-refractivity contribution in [3.63, 3.8) is 0 Å². The molecule has 114 valence electrons. The average molecular weight is 298 g/mol. The van der Waals surface area contributed by atoms with Crippen molar-refractivity contribution in [3.05, 3.63) is 29.8 Å². The van der Waals surface area contributed by atoms with Gasteiger partial charge in [-0.3, -0.25) is 0 Å². The van der Waals surface area contributed by atoms with E-state index >= 15 is 0 Å². The van der Waals surface area contributed by atoms with E-state index in [1.165, 1.54) is 12.1 Å². The Balaban J connectivity index is 2.04. The molecule has 0 N–H and O–H groups in total. The number of nitriles is 1. The lowest BCUT2D eigenvalue weighted by Crippen LogP contribution is -2.57. The van der Waals surface area contributed by atoms with E-state index in [2.05, 4.69) is 13.1 Å². The maximum Gasteiger partial charge on any atom is 0.416 e. The Kier molecular flexibility index (Phi) is 4.43. The molecule has 0 aromatic heterocycles. The van der Waals surface area contributed by atoms with Gasteiger partial charge in [0.25, 0.3) is 0 Å². The third-order valence-electron chi connectivity index (χ3n) is 4.12. The Morgan fingerprint density at radius 1 is 1.29 bits per heavy atom. The predicted molar refractivity (Wildman–Crippen MR) is 74.7 cm³/mol. The second-order valence-corrected chi connectivity index (χ2v) is 5.73. The molecule has 21 heavy (non-hydrogen) atoms. The SMILES string of the molecule is C[N+]1(CCC#N)CCN(c2cccc(C(F)(F)F)c2)CC1. The van der Waals surface area contributed by atoms with Crippen LogP contribution in [0.25, 0.3) is 0 Å². The summed E-state index contributed by atoms with van der Waals surface area (Å²) in [5.74, 6) is 0. The Labute approximate surface area is 122 Å². The summed E-state index contributed by atoms with van der Waals surface area (Å²) >= 11 is 0. The van der Waals surface area contributed by atoms with Gasteiger partial charge in [-0.1, -0.05) is 6.07 Å². The smallest absolute Gasteiger partial charge is 0.360 e. The van der Waals surface area contributed by atoms with Gasteiger partial charge < -0.3 is 9.38 Å². The fraction of sp³-hybridized carbons (Fsp3) is 0.533. The van der Waals surface area contributed by atoms with Gasteiger partial charge in [-0.2, -0.15) is 18.4 Å². The summed E-state index contributed by atoms with van der Waals surface area (Å²) in [5.41, 5.74) is 0.0173. The van der Waals surface area contributed by atoms with Crippen LogP contribution in [0.15, 0.2) is 24.3 Å². The number of hydrogen-bond donors (Lipinski definition) is 0. The molecular formula is C15H19F3N3+. The van der Waals surface area contributed by atoms with Gasteiger partial charge in [0.15, 0.2) is 0 Å². The van der Waals surface area contributed by atoms with Gasteiger partial charge in [-0.05, 0) is 18.2 Å². The zero-order valence-corrected chi connectivity index (χ0v) is 12.0. The topological polar surface area (TPSA) is 27.0 Å². The molecule has 0 aliphatic carbocycles. The molecule has 1 heterocycles. The van der Waals surface area contributed by atoms with Crippen molar-refractivity contribution in [2.45, 2.75) is 12.6 Å². The first-order valence-electron chi connectivity index (χ1n) is 6.97. The number of quaternary nitrogens is 1. The molecule has 1 aliphatic rings. The first-order chi connectivity index (χ1) is 9.84. The van der Waals surface area contributed by atoms with Crippen molar-refractivity contribution in [1.82, 2.24) is 0 Å². The second kappa shape index (κ2) is 5.94. The number of halogens is 3. The highest BCUT2D eigenvalue weighted by Gasteiger charge is 2.32. The first-order valence-corrected chi connectivity index (χ1v) is 6.97. The van der Waals surface area contributed by atoms with Crippen LogP contribution in [0.3, 0.4) is 0 Å². The van der Waals surface area contributed by atoms with Crippen molar-refractivity contribution >= 4 is 5.69 Å². The summed E-state index contributed by atoms with van der Waals surface area (Å²) in [6, 6.07) is 7.64. The number of piperazine rings is 1. The summed E-state index contributed by atoms with van der Waals surface area (Å²) in [6.45, 7) is 3.91. The molecule has 2 rings (SSSR count). The molecule has 0 saturated carbocycles. The van der Waals surface area contributed by atoms with Gasteiger partial charge in [-0.25, -0.2) is 0 Å². The van der Waals surface area contributed by atoms with Crippen molar-refractivity contribution < 1.29 is 17.7 Å². The Morgan fingerprint density at radius 2 is 1.95 bits per heavy atom. The Hall–Kier alpha value is -1.74. The normalized spacial score (nSPS) is 18.3. The van der Waals surface area contributed by atoms with Crippen molar-refractivity contribution in [1.29, 1.82) is 5.26 Å². The van der Waals surface area contributed by atoms with E-state index < -0.39 is 11.7 Å². The number of hydrogen-bond acceptors (Lipinski definition) is 2. The number of alkyl halides is 3. The molecule has 0 unspecified atom stereocenters. The molecular weight excluding hydrogens is 279 g/mol. The number of rotatable bonds is 3. The maximum atomic E-state index is 12.7. The summed E-state index contributed by atoms with van der Waals surface area (Å²) in [7, 11) is 2.10.